The summed E-state index contributed by atoms with van der Waals surface area (Å²) in [5, 5.41) is 8.84. The molecule has 5 N–H and O–H groups in total. The van der Waals surface area contributed by atoms with Crippen molar-refractivity contribution >= 4 is 33.0 Å². The zero-order valence-corrected chi connectivity index (χ0v) is 15.3. The van der Waals surface area contributed by atoms with E-state index in [9.17, 15) is 8.42 Å². The summed E-state index contributed by atoms with van der Waals surface area (Å²) >= 11 is 6.16. The average molecular weight is 381 g/mol. The van der Waals surface area contributed by atoms with Gasteiger partial charge in [0.15, 0.2) is 5.15 Å². The minimum atomic E-state index is -3.66. The van der Waals surface area contributed by atoms with Gasteiger partial charge >= 0.3 is 0 Å². The number of nitrogens with two attached hydrogens (primary N) is 2. The van der Waals surface area contributed by atoms with E-state index < -0.39 is 10.0 Å². The lowest BCUT2D eigenvalue weighted by molar-refractivity contribution is 0.598. The van der Waals surface area contributed by atoms with Crippen LogP contribution in [0.5, 0.6) is 0 Å². The van der Waals surface area contributed by atoms with Gasteiger partial charge in [0.05, 0.1) is 16.3 Å². The second-order valence-corrected chi connectivity index (χ2v) is 8.11. The molecule has 1 aliphatic rings. The third kappa shape index (κ3) is 4.05. The van der Waals surface area contributed by atoms with Crippen LogP contribution in [0.25, 0.3) is 0 Å². The number of aromatic nitrogens is 1. The maximum atomic E-state index is 11.3. The van der Waals surface area contributed by atoms with E-state index in [0.717, 1.165) is 54.6 Å². The summed E-state index contributed by atoms with van der Waals surface area (Å²) in [5.41, 5.74) is 10.7. The number of hydrogen-bond donors (Lipinski definition) is 3. The predicted molar refractivity (Wildman–Crippen MR) is 100 cm³/mol. The first-order chi connectivity index (χ1) is 11.9. The molecule has 0 unspecified atom stereocenters. The highest BCUT2D eigenvalue weighted by Gasteiger charge is 2.19. The molecule has 134 valence electrons. The van der Waals surface area contributed by atoms with E-state index in [1.807, 2.05) is 0 Å². The lowest BCUT2D eigenvalue weighted by Gasteiger charge is -2.22. The van der Waals surface area contributed by atoms with Crippen LogP contribution in [0, 0.1) is 0 Å². The molecule has 25 heavy (non-hydrogen) atoms. The zero-order chi connectivity index (χ0) is 18.0. The van der Waals surface area contributed by atoms with E-state index in [1.54, 1.807) is 12.1 Å². The molecule has 1 heterocycles. The Morgan fingerprint density at radius 1 is 1.16 bits per heavy atom. The third-order valence-electron chi connectivity index (χ3n) is 4.43. The molecule has 0 saturated carbocycles. The number of rotatable bonds is 5. The van der Waals surface area contributed by atoms with Gasteiger partial charge in [-0.2, -0.15) is 0 Å². The minimum Gasteiger partial charge on any atom is -0.395 e. The molecular weight excluding hydrogens is 360 g/mol. The van der Waals surface area contributed by atoms with Gasteiger partial charge in [-0.3, -0.25) is 0 Å². The number of benzene rings is 1. The third-order valence-corrected chi connectivity index (χ3v) is 5.65. The van der Waals surface area contributed by atoms with Crippen LogP contribution in [-0.2, 0) is 29.3 Å². The van der Waals surface area contributed by atoms with E-state index in [2.05, 4.69) is 10.3 Å². The molecule has 2 aromatic rings. The molecule has 1 aliphatic carbocycles. The first-order valence-electron chi connectivity index (χ1n) is 8.18. The van der Waals surface area contributed by atoms with Crippen LogP contribution in [0.15, 0.2) is 29.2 Å². The molecule has 1 aromatic carbocycles. The van der Waals surface area contributed by atoms with Crippen molar-refractivity contribution in [2.75, 3.05) is 17.6 Å². The fourth-order valence-corrected chi connectivity index (χ4v) is 3.82. The van der Waals surface area contributed by atoms with Gasteiger partial charge < -0.3 is 11.1 Å². The largest absolute Gasteiger partial charge is 0.395 e. The highest BCUT2D eigenvalue weighted by Crippen LogP contribution is 2.35. The van der Waals surface area contributed by atoms with Crippen LogP contribution >= 0.6 is 11.6 Å². The molecule has 0 fully saturated rings. The fourth-order valence-electron chi connectivity index (χ4n) is 3.11. The van der Waals surface area contributed by atoms with Crippen LogP contribution < -0.4 is 16.2 Å². The van der Waals surface area contributed by atoms with Crippen molar-refractivity contribution in [1.29, 1.82) is 0 Å². The summed E-state index contributed by atoms with van der Waals surface area (Å²) in [4.78, 5) is 4.52. The molecule has 0 bridgehead atoms. The van der Waals surface area contributed by atoms with E-state index in [0.29, 0.717) is 17.4 Å². The zero-order valence-electron chi connectivity index (χ0n) is 13.8. The second kappa shape index (κ2) is 7.19. The van der Waals surface area contributed by atoms with Gasteiger partial charge in [0.2, 0.25) is 10.0 Å². The maximum absolute atomic E-state index is 11.3. The molecular formula is C17H21ClN4O2S. The number of nitrogens with zero attached hydrogens (tertiary/aromatic N) is 1. The minimum absolute atomic E-state index is 0.114. The Hall–Kier alpha value is -1.83. The first-order valence-corrected chi connectivity index (χ1v) is 10.1. The lowest BCUT2D eigenvalue weighted by atomic mass is 9.94. The smallest absolute Gasteiger partial charge is 0.238 e. The van der Waals surface area contributed by atoms with Crippen LogP contribution in [-0.4, -0.2) is 19.9 Å². The standard InChI is InChI=1S/C17H21ClN4O2S/c18-17-15(19)16(13-3-1-2-4-14(13)22-17)21-10-9-11-5-7-12(8-6-11)25(20,23)24/h5-8H,1-4,9-10,19H2,(H,21,22)(H2,20,23,24). The number of hydrogen-bond acceptors (Lipinski definition) is 5. The van der Waals surface area contributed by atoms with Crippen molar-refractivity contribution in [3.8, 4) is 0 Å². The number of halogens is 1. The molecule has 0 atom stereocenters. The van der Waals surface area contributed by atoms with Crippen molar-refractivity contribution in [2.24, 2.45) is 5.14 Å². The Morgan fingerprint density at radius 2 is 1.84 bits per heavy atom. The number of nitrogens with one attached hydrogen (secondary N) is 1. The summed E-state index contributed by atoms with van der Waals surface area (Å²) < 4.78 is 22.6. The van der Waals surface area contributed by atoms with Crippen molar-refractivity contribution in [3.63, 3.8) is 0 Å². The number of nitrogen functional groups attached to an aromatic ring is 1. The first kappa shape index (κ1) is 18.0. The number of anilines is 2. The summed E-state index contributed by atoms with van der Waals surface area (Å²) in [7, 11) is -3.66. The molecule has 0 amide bonds. The molecule has 3 rings (SSSR count). The summed E-state index contributed by atoms with van der Waals surface area (Å²) in [6, 6.07) is 6.56. The van der Waals surface area contributed by atoms with Gasteiger partial charge in [0.25, 0.3) is 0 Å². The van der Waals surface area contributed by atoms with Gasteiger partial charge in [-0.15, -0.1) is 0 Å². The van der Waals surface area contributed by atoms with Crippen LogP contribution in [0.3, 0.4) is 0 Å². The van der Waals surface area contributed by atoms with Crippen molar-refractivity contribution in [1.82, 2.24) is 4.98 Å². The predicted octanol–water partition coefficient (Wildman–Crippen LogP) is 2.50. The molecule has 0 saturated heterocycles. The molecule has 1 aromatic heterocycles. The van der Waals surface area contributed by atoms with Gasteiger partial charge in [-0.1, -0.05) is 23.7 Å². The molecule has 0 radical (unpaired) electrons. The highest BCUT2D eigenvalue weighted by atomic mass is 35.5. The normalized spacial score (nSPS) is 14.2. The molecule has 8 heteroatoms. The lowest BCUT2D eigenvalue weighted by Crippen LogP contribution is -2.15. The van der Waals surface area contributed by atoms with Gasteiger partial charge in [0, 0.05) is 12.2 Å². The van der Waals surface area contributed by atoms with Crippen LogP contribution in [0.2, 0.25) is 5.15 Å². The van der Waals surface area contributed by atoms with Gasteiger partial charge in [0.1, 0.15) is 0 Å². The Morgan fingerprint density at radius 3 is 2.52 bits per heavy atom. The van der Waals surface area contributed by atoms with E-state index in [-0.39, 0.29) is 4.90 Å². The number of pyridine rings is 1. The van der Waals surface area contributed by atoms with Crippen molar-refractivity contribution in [2.45, 2.75) is 37.0 Å². The summed E-state index contributed by atoms with van der Waals surface area (Å²) in [5.74, 6) is 0. The van der Waals surface area contributed by atoms with E-state index in [4.69, 9.17) is 22.5 Å². The quantitative estimate of drug-likeness (QED) is 0.690. The number of fused-ring (bicyclic) bond motifs is 1. The van der Waals surface area contributed by atoms with Crippen LogP contribution in [0.1, 0.15) is 29.7 Å². The Kier molecular flexibility index (Phi) is 5.17. The number of sulfonamides is 1. The molecule has 0 aliphatic heterocycles. The van der Waals surface area contributed by atoms with Gasteiger partial charge in [-0.05, 0) is 55.4 Å². The van der Waals surface area contributed by atoms with Crippen molar-refractivity contribution in [3.05, 3.63) is 46.2 Å². The summed E-state index contributed by atoms with van der Waals surface area (Å²) in [6.07, 6.45) is 4.85. The number of primary sulfonamides is 1. The van der Waals surface area contributed by atoms with Crippen LogP contribution in [0.4, 0.5) is 11.4 Å². The monoisotopic (exact) mass is 380 g/mol. The highest BCUT2D eigenvalue weighted by molar-refractivity contribution is 7.89. The van der Waals surface area contributed by atoms with Gasteiger partial charge in [-0.25, -0.2) is 18.5 Å². The average Bonchev–Trinajstić information content (AvgIpc) is 2.58. The topological polar surface area (TPSA) is 111 Å². The van der Waals surface area contributed by atoms with E-state index >= 15 is 0 Å². The fraction of sp³-hybridized carbons (Fsp3) is 0.353. The number of aryl methyl sites for hydroxylation is 1. The maximum Gasteiger partial charge on any atom is 0.238 e. The Bertz CT molecular complexity index is 883. The van der Waals surface area contributed by atoms with Crippen molar-refractivity contribution < 1.29 is 8.42 Å². The Balaban J connectivity index is 1.71. The SMILES string of the molecule is Nc1c(Cl)nc2c(c1NCCc1ccc(S(N)(=O)=O)cc1)CCCC2. The molecule has 6 nitrogen and oxygen atoms in total. The second-order valence-electron chi connectivity index (χ2n) is 6.19. The Labute approximate surface area is 152 Å². The summed E-state index contributed by atoms with van der Waals surface area (Å²) in [6.45, 7) is 0.658. The van der Waals surface area contributed by atoms with E-state index in [1.165, 1.54) is 12.1 Å². The molecule has 0 spiro atoms.